The third-order valence-electron chi connectivity index (χ3n) is 1.43. The molecule has 0 amide bonds. The number of anilines is 1. The van der Waals surface area contributed by atoms with Crippen LogP contribution in [0.1, 0.15) is 5.69 Å². The van der Waals surface area contributed by atoms with Crippen LogP contribution in [0.5, 0.6) is 0 Å². The molecule has 13 heavy (non-hydrogen) atoms. The summed E-state index contributed by atoms with van der Waals surface area (Å²) in [5.41, 5.74) is 6.57. The van der Waals surface area contributed by atoms with E-state index in [0.29, 0.717) is 11.4 Å². The lowest BCUT2D eigenvalue weighted by Gasteiger charge is -2.03. The zero-order valence-electron chi connectivity index (χ0n) is 7.19. The third-order valence-corrected chi connectivity index (χ3v) is 2.10. The van der Waals surface area contributed by atoms with Crippen molar-refractivity contribution in [3.05, 3.63) is 24.0 Å². The van der Waals surface area contributed by atoms with Crippen LogP contribution >= 0.6 is 0 Å². The minimum absolute atomic E-state index is 0.130. The summed E-state index contributed by atoms with van der Waals surface area (Å²) in [7, 11) is -3.18. The van der Waals surface area contributed by atoms with Gasteiger partial charge in [-0.2, -0.15) is 0 Å². The van der Waals surface area contributed by atoms with Gasteiger partial charge in [-0.05, 0) is 12.1 Å². The van der Waals surface area contributed by atoms with Gasteiger partial charge < -0.3 is 5.73 Å². The van der Waals surface area contributed by atoms with Crippen LogP contribution in [0.4, 0.5) is 5.69 Å². The fourth-order valence-corrected chi connectivity index (χ4v) is 1.20. The normalized spacial score (nSPS) is 11.5. The molecule has 1 aromatic heterocycles. The van der Waals surface area contributed by atoms with Crippen LogP contribution < -0.4 is 10.5 Å². The summed E-state index contributed by atoms with van der Waals surface area (Å²) in [4.78, 5) is 3.93. The molecule has 0 spiro atoms. The van der Waals surface area contributed by atoms with Gasteiger partial charge in [-0.1, -0.05) is 0 Å². The summed E-state index contributed by atoms with van der Waals surface area (Å²) in [5.74, 6) is 0. The number of nitrogens with one attached hydrogen (secondary N) is 1. The first kappa shape index (κ1) is 9.94. The first-order chi connectivity index (χ1) is 5.99. The van der Waals surface area contributed by atoms with Crippen molar-refractivity contribution in [3.63, 3.8) is 0 Å². The largest absolute Gasteiger partial charge is 0.397 e. The molecule has 0 saturated heterocycles. The Morgan fingerprint density at radius 2 is 2.31 bits per heavy atom. The minimum Gasteiger partial charge on any atom is -0.397 e. The van der Waals surface area contributed by atoms with Gasteiger partial charge in [-0.3, -0.25) is 4.98 Å². The molecule has 0 unspecified atom stereocenters. The van der Waals surface area contributed by atoms with Crippen LogP contribution in [0.25, 0.3) is 0 Å². The Balaban J connectivity index is 2.71. The number of nitrogens with zero attached hydrogens (tertiary/aromatic N) is 1. The summed E-state index contributed by atoms with van der Waals surface area (Å²) in [6.45, 7) is 0.130. The maximum Gasteiger partial charge on any atom is 0.209 e. The summed E-state index contributed by atoms with van der Waals surface area (Å²) in [6, 6.07) is 3.37. The number of hydrogen-bond donors (Lipinski definition) is 2. The molecule has 0 aromatic carbocycles. The highest BCUT2D eigenvalue weighted by Gasteiger charge is 2.03. The average Bonchev–Trinajstić information content (AvgIpc) is 2.01. The molecule has 1 heterocycles. The number of pyridine rings is 1. The smallest absolute Gasteiger partial charge is 0.209 e. The number of hydrogen-bond acceptors (Lipinski definition) is 4. The quantitative estimate of drug-likeness (QED) is 0.704. The second-order valence-corrected chi connectivity index (χ2v) is 4.47. The first-order valence-corrected chi connectivity index (χ1v) is 5.52. The molecule has 0 aliphatic heterocycles. The van der Waals surface area contributed by atoms with E-state index in [1.807, 2.05) is 0 Å². The average molecular weight is 201 g/mol. The molecule has 5 nitrogen and oxygen atoms in total. The van der Waals surface area contributed by atoms with Crippen molar-refractivity contribution < 1.29 is 8.42 Å². The zero-order chi connectivity index (χ0) is 9.90. The highest BCUT2D eigenvalue weighted by atomic mass is 32.2. The van der Waals surface area contributed by atoms with Crippen molar-refractivity contribution in [1.82, 2.24) is 9.71 Å². The molecule has 3 N–H and O–H groups in total. The fourth-order valence-electron chi connectivity index (χ4n) is 0.798. The van der Waals surface area contributed by atoms with E-state index >= 15 is 0 Å². The highest BCUT2D eigenvalue weighted by molar-refractivity contribution is 7.88. The van der Waals surface area contributed by atoms with Crippen molar-refractivity contribution in [1.29, 1.82) is 0 Å². The van der Waals surface area contributed by atoms with Crippen LogP contribution in [-0.2, 0) is 16.6 Å². The van der Waals surface area contributed by atoms with Crippen LogP contribution in [0.2, 0.25) is 0 Å². The van der Waals surface area contributed by atoms with E-state index in [1.54, 1.807) is 18.3 Å². The molecule has 0 radical (unpaired) electrons. The fraction of sp³-hybridized carbons (Fsp3) is 0.286. The number of nitrogens with two attached hydrogens (primary N) is 1. The topological polar surface area (TPSA) is 85.1 Å². The molecule has 0 saturated carbocycles. The SMILES string of the molecule is CS(=O)(=O)NCc1ncccc1N. The predicted molar refractivity (Wildman–Crippen MR) is 50.3 cm³/mol. The molecular formula is C7H11N3O2S. The molecule has 0 aliphatic carbocycles. The second kappa shape index (κ2) is 3.71. The Kier molecular flexibility index (Phi) is 2.84. The number of sulfonamides is 1. The lowest BCUT2D eigenvalue weighted by Crippen LogP contribution is -2.22. The van der Waals surface area contributed by atoms with Crippen LogP contribution in [0.3, 0.4) is 0 Å². The van der Waals surface area contributed by atoms with Crippen molar-refractivity contribution in [2.75, 3.05) is 12.0 Å². The van der Waals surface area contributed by atoms with Gasteiger partial charge in [0.2, 0.25) is 10.0 Å². The Labute approximate surface area is 77.0 Å². The highest BCUT2D eigenvalue weighted by Crippen LogP contribution is 2.05. The maximum absolute atomic E-state index is 10.7. The first-order valence-electron chi connectivity index (χ1n) is 3.63. The van der Waals surface area contributed by atoms with E-state index in [1.165, 1.54) is 0 Å². The standard InChI is InChI=1S/C7H11N3O2S/c1-13(11,12)10-5-7-6(8)3-2-4-9-7/h2-4,10H,5,8H2,1H3. The van der Waals surface area contributed by atoms with Crippen molar-refractivity contribution in [2.24, 2.45) is 0 Å². The number of nitrogen functional groups attached to an aromatic ring is 1. The van der Waals surface area contributed by atoms with E-state index in [2.05, 4.69) is 9.71 Å². The summed E-state index contributed by atoms with van der Waals surface area (Å²) < 4.78 is 23.8. The molecule has 1 aromatic rings. The molecule has 0 atom stereocenters. The van der Waals surface area contributed by atoms with Crippen LogP contribution in [0, 0.1) is 0 Å². The predicted octanol–water partition coefficient (Wildman–Crippen LogP) is -0.287. The monoisotopic (exact) mass is 201 g/mol. The minimum atomic E-state index is -3.18. The summed E-state index contributed by atoms with van der Waals surface area (Å²) >= 11 is 0. The van der Waals surface area contributed by atoms with Crippen LogP contribution in [-0.4, -0.2) is 19.7 Å². The number of rotatable bonds is 3. The number of aromatic nitrogens is 1. The van der Waals surface area contributed by atoms with E-state index in [0.717, 1.165) is 6.26 Å². The molecule has 6 heteroatoms. The van der Waals surface area contributed by atoms with Crippen molar-refractivity contribution in [2.45, 2.75) is 6.54 Å². The van der Waals surface area contributed by atoms with Gasteiger partial charge in [0.1, 0.15) is 0 Å². The Hall–Kier alpha value is -1.14. The zero-order valence-corrected chi connectivity index (χ0v) is 8.00. The van der Waals surface area contributed by atoms with E-state index < -0.39 is 10.0 Å². The van der Waals surface area contributed by atoms with Gasteiger partial charge in [0.05, 0.1) is 24.2 Å². The van der Waals surface area contributed by atoms with Gasteiger partial charge in [0.15, 0.2) is 0 Å². The van der Waals surface area contributed by atoms with E-state index in [-0.39, 0.29) is 6.54 Å². The third kappa shape index (κ3) is 3.39. The van der Waals surface area contributed by atoms with Crippen molar-refractivity contribution in [3.8, 4) is 0 Å². The van der Waals surface area contributed by atoms with E-state index in [4.69, 9.17) is 5.73 Å². The molecule has 0 fully saturated rings. The van der Waals surface area contributed by atoms with Gasteiger partial charge in [-0.15, -0.1) is 0 Å². The lowest BCUT2D eigenvalue weighted by atomic mass is 10.3. The van der Waals surface area contributed by atoms with Crippen molar-refractivity contribution >= 4 is 15.7 Å². The van der Waals surface area contributed by atoms with Gasteiger partial charge in [0.25, 0.3) is 0 Å². The molecule has 72 valence electrons. The molecule has 1 rings (SSSR count). The van der Waals surface area contributed by atoms with E-state index in [9.17, 15) is 8.42 Å². The molecule has 0 aliphatic rings. The molecular weight excluding hydrogens is 190 g/mol. The van der Waals surface area contributed by atoms with Crippen LogP contribution in [0.15, 0.2) is 18.3 Å². The Morgan fingerprint density at radius 1 is 1.62 bits per heavy atom. The maximum atomic E-state index is 10.7. The van der Waals surface area contributed by atoms with Gasteiger partial charge >= 0.3 is 0 Å². The summed E-state index contributed by atoms with van der Waals surface area (Å²) in [5, 5.41) is 0. The summed E-state index contributed by atoms with van der Waals surface area (Å²) in [6.07, 6.45) is 2.65. The lowest BCUT2D eigenvalue weighted by molar-refractivity contribution is 0.587. The van der Waals surface area contributed by atoms with Gasteiger partial charge in [-0.25, -0.2) is 13.1 Å². The van der Waals surface area contributed by atoms with Gasteiger partial charge in [0, 0.05) is 6.20 Å². The second-order valence-electron chi connectivity index (χ2n) is 2.63. The Morgan fingerprint density at radius 3 is 2.85 bits per heavy atom. The Bertz CT molecular complexity index is 388. The molecule has 0 bridgehead atoms.